The average molecular weight is 266 g/mol. The molecular formula is C15H26N2S. The molecule has 0 radical (unpaired) electrons. The van der Waals surface area contributed by atoms with E-state index < -0.39 is 0 Å². The summed E-state index contributed by atoms with van der Waals surface area (Å²) in [6.07, 6.45) is 1.28. The van der Waals surface area contributed by atoms with Crippen LogP contribution in [-0.2, 0) is 0 Å². The summed E-state index contributed by atoms with van der Waals surface area (Å²) in [5, 5.41) is 3.65. The summed E-state index contributed by atoms with van der Waals surface area (Å²) in [5.41, 5.74) is 0. The van der Waals surface area contributed by atoms with E-state index in [-0.39, 0.29) is 0 Å². The maximum Gasteiger partial charge on any atom is 0.0414 e. The summed E-state index contributed by atoms with van der Waals surface area (Å²) < 4.78 is 0. The van der Waals surface area contributed by atoms with E-state index in [1.54, 1.807) is 0 Å². The number of rotatable bonds is 4. The number of nitrogens with one attached hydrogen (secondary N) is 1. The number of piperazine rings is 1. The van der Waals surface area contributed by atoms with Crippen LogP contribution in [0.3, 0.4) is 0 Å². The minimum Gasteiger partial charge on any atom is -0.311 e. The van der Waals surface area contributed by atoms with Crippen molar-refractivity contribution in [1.82, 2.24) is 10.2 Å². The molecule has 1 aliphatic heterocycles. The maximum atomic E-state index is 3.65. The second kappa shape index (κ2) is 6.18. The van der Waals surface area contributed by atoms with Crippen LogP contribution in [0, 0.1) is 12.8 Å². The topological polar surface area (TPSA) is 15.3 Å². The molecule has 1 saturated heterocycles. The largest absolute Gasteiger partial charge is 0.311 e. The van der Waals surface area contributed by atoms with Crippen molar-refractivity contribution >= 4 is 11.3 Å². The first-order valence-corrected chi connectivity index (χ1v) is 7.91. The fourth-order valence-corrected chi connectivity index (χ4v) is 3.75. The van der Waals surface area contributed by atoms with E-state index >= 15 is 0 Å². The Hall–Kier alpha value is -0.380. The lowest BCUT2D eigenvalue weighted by atomic mass is 10.0. The SMILES string of the molecule is Cc1ccc(C(C)N2CCNC(CC(C)C)C2)s1. The van der Waals surface area contributed by atoms with Crippen LogP contribution >= 0.6 is 11.3 Å². The first-order chi connectivity index (χ1) is 8.56. The molecule has 0 saturated carbocycles. The van der Waals surface area contributed by atoms with E-state index in [1.807, 2.05) is 11.3 Å². The van der Waals surface area contributed by atoms with Gasteiger partial charge in [-0.3, -0.25) is 4.90 Å². The molecule has 2 atom stereocenters. The molecule has 0 bridgehead atoms. The van der Waals surface area contributed by atoms with Crippen molar-refractivity contribution in [2.24, 2.45) is 5.92 Å². The molecule has 18 heavy (non-hydrogen) atoms. The van der Waals surface area contributed by atoms with Crippen molar-refractivity contribution in [2.45, 2.75) is 46.2 Å². The Balaban J connectivity index is 1.95. The van der Waals surface area contributed by atoms with Gasteiger partial charge in [-0.2, -0.15) is 0 Å². The molecule has 2 rings (SSSR count). The van der Waals surface area contributed by atoms with Crippen LogP contribution in [0.4, 0.5) is 0 Å². The van der Waals surface area contributed by atoms with Gasteiger partial charge in [-0.1, -0.05) is 13.8 Å². The summed E-state index contributed by atoms with van der Waals surface area (Å²) in [6.45, 7) is 12.7. The Kier molecular flexibility index (Phi) is 4.82. The molecule has 2 heterocycles. The van der Waals surface area contributed by atoms with Crippen LogP contribution in [0.25, 0.3) is 0 Å². The lowest BCUT2D eigenvalue weighted by Gasteiger charge is -2.37. The molecule has 1 N–H and O–H groups in total. The van der Waals surface area contributed by atoms with Crippen LogP contribution in [-0.4, -0.2) is 30.6 Å². The molecule has 0 aliphatic carbocycles. The molecule has 1 aromatic heterocycles. The van der Waals surface area contributed by atoms with E-state index in [0.717, 1.165) is 12.5 Å². The summed E-state index contributed by atoms with van der Waals surface area (Å²) in [7, 11) is 0. The summed E-state index contributed by atoms with van der Waals surface area (Å²) in [4.78, 5) is 5.57. The minimum absolute atomic E-state index is 0.570. The van der Waals surface area contributed by atoms with Crippen molar-refractivity contribution in [1.29, 1.82) is 0 Å². The van der Waals surface area contributed by atoms with Crippen molar-refractivity contribution in [3.8, 4) is 0 Å². The second-order valence-corrected chi connectivity index (χ2v) is 7.22. The second-order valence-electron chi connectivity index (χ2n) is 5.90. The van der Waals surface area contributed by atoms with Gasteiger partial charge < -0.3 is 5.32 Å². The Morgan fingerprint density at radius 1 is 1.39 bits per heavy atom. The number of hydrogen-bond acceptors (Lipinski definition) is 3. The minimum atomic E-state index is 0.570. The molecule has 1 aliphatic rings. The molecule has 3 heteroatoms. The fraction of sp³-hybridized carbons (Fsp3) is 0.733. The zero-order valence-electron chi connectivity index (χ0n) is 12.1. The van der Waals surface area contributed by atoms with Gasteiger partial charge in [-0.05, 0) is 38.3 Å². The third-order valence-electron chi connectivity index (χ3n) is 3.76. The number of thiophene rings is 1. The van der Waals surface area contributed by atoms with Gasteiger partial charge in [0.2, 0.25) is 0 Å². The smallest absolute Gasteiger partial charge is 0.0414 e. The lowest BCUT2D eigenvalue weighted by molar-refractivity contribution is 0.145. The molecule has 0 amide bonds. The molecule has 2 unspecified atom stereocenters. The third-order valence-corrected chi connectivity index (χ3v) is 4.93. The quantitative estimate of drug-likeness (QED) is 0.898. The number of hydrogen-bond donors (Lipinski definition) is 1. The van der Waals surface area contributed by atoms with Crippen LogP contribution in [0.1, 0.15) is 43.0 Å². The molecule has 102 valence electrons. The summed E-state index contributed by atoms with van der Waals surface area (Å²) >= 11 is 1.94. The Bertz CT molecular complexity index is 372. The van der Waals surface area contributed by atoms with Crippen molar-refractivity contribution < 1.29 is 0 Å². The standard InChI is InChI=1S/C15H26N2S/c1-11(2)9-14-10-17(8-7-16-14)13(4)15-6-5-12(3)18-15/h5-6,11,13-14,16H,7-10H2,1-4H3. The predicted octanol–water partition coefficient (Wildman–Crippen LogP) is 3.44. The van der Waals surface area contributed by atoms with E-state index in [4.69, 9.17) is 0 Å². The van der Waals surface area contributed by atoms with Crippen LogP contribution in [0.5, 0.6) is 0 Å². The Labute approximate surface area is 115 Å². The number of nitrogens with zero attached hydrogens (tertiary/aromatic N) is 1. The Morgan fingerprint density at radius 2 is 2.17 bits per heavy atom. The van der Waals surface area contributed by atoms with Gasteiger partial charge in [-0.15, -0.1) is 11.3 Å². The predicted molar refractivity (Wildman–Crippen MR) is 80.3 cm³/mol. The van der Waals surface area contributed by atoms with Gasteiger partial charge in [0.15, 0.2) is 0 Å². The van der Waals surface area contributed by atoms with Gasteiger partial charge >= 0.3 is 0 Å². The lowest BCUT2D eigenvalue weighted by Crippen LogP contribution is -2.51. The monoisotopic (exact) mass is 266 g/mol. The van der Waals surface area contributed by atoms with Crippen molar-refractivity contribution in [3.63, 3.8) is 0 Å². The molecule has 0 aromatic carbocycles. The van der Waals surface area contributed by atoms with E-state index in [9.17, 15) is 0 Å². The summed E-state index contributed by atoms with van der Waals surface area (Å²) in [5.74, 6) is 0.779. The maximum absolute atomic E-state index is 3.65. The van der Waals surface area contributed by atoms with Gasteiger partial charge in [0.25, 0.3) is 0 Å². The highest BCUT2D eigenvalue weighted by Crippen LogP contribution is 2.28. The van der Waals surface area contributed by atoms with Crippen LogP contribution in [0.15, 0.2) is 12.1 Å². The molecule has 2 nitrogen and oxygen atoms in total. The van der Waals surface area contributed by atoms with Crippen molar-refractivity contribution in [3.05, 3.63) is 21.9 Å². The van der Waals surface area contributed by atoms with Crippen molar-refractivity contribution in [2.75, 3.05) is 19.6 Å². The summed E-state index contributed by atoms with van der Waals surface area (Å²) in [6, 6.07) is 5.77. The van der Waals surface area contributed by atoms with Crippen LogP contribution < -0.4 is 5.32 Å². The normalized spacial score (nSPS) is 23.5. The van der Waals surface area contributed by atoms with E-state index in [2.05, 4.69) is 50.0 Å². The van der Waals surface area contributed by atoms with E-state index in [1.165, 1.54) is 29.3 Å². The number of aryl methyl sites for hydroxylation is 1. The zero-order chi connectivity index (χ0) is 13.1. The van der Waals surface area contributed by atoms with E-state index in [0.29, 0.717) is 12.1 Å². The highest BCUT2D eigenvalue weighted by atomic mass is 32.1. The molecule has 1 aromatic rings. The van der Waals surface area contributed by atoms with Gasteiger partial charge in [-0.25, -0.2) is 0 Å². The van der Waals surface area contributed by atoms with Gasteiger partial charge in [0, 0.05) is 41.5 Å². The molecular weight excluding hydrogens is 240 g/mol. The van der Waals surface area contributed by atoms with Gasteiger partial charge in [0.1, 0.15) is 0 Å². The zero-order valence-corrected chi connectivity index (χ0v) is 12.9. The molecule has 1 fully saturated rings. The highest BCUT2D eigenvalue weighted by molar-refractivity contribution is 7.12. The fourth-order valence-electron chi connectivity index (χ4n) is 2.79. The first kappa shape index (κ1) is 14.0. The first-order valence-electron chi connectivity index (χ1n) is 7.10. The Morgan fingerprint density at radius 3 is 2.78 bits per heavy atom. The van der Waals surface area contributed by atoms with Crippen LogP contribution in [0.2, 0.25) is 0 Å². The van der Waals surface area contributed by atoms with Gasteiger partial charge in [0.05, 0.1) is 0 Å². The third kappa shape index (κ3) is 3.56. The average Bonchev–Trinajstić information content (AvgIpc) is 2.74. The molecule has 0 spiro atoms. The highest BCUT2D eigenvalue weighted by Gasteiger charge is 2.24.